The normalized spacial score (nSPS) is 16.1. The summed E-state index contributed by atoms with van der Waals surface area (Å²) in [4.78, 5) is 18.8. The van der Waals surface area contributed by atoms with Crippen molar-refractivity contribution in [1.82, 2.24) is 14.8 Å². The highest BCUT2D eigenvalue weighted by atomic mass is 19.4. The topological polar surface area (TPSA) is 84.0 Å². The molecule has 3 heterocycles. The number of pyridine rings is 1. The average molecular weight is 427 g/mol. The Morgan fingerprint density at radius 2 is 2.03 bits per heavy atom. The Balaban J connectivity index is 1.79. The molecule has 10 heteroatoms. The van der Waals surface area contributed by atoms with Crippen molar-refractivity contribution in [3.63, 3.8) is 0 Å². The molecule has 1 aliphatic heterocycles. The first-order chi connectivity index (χ1) is 14.7. The van der Waals surface area contributed by atoms with E-state index in [0.29, 0.717) is 22.7 Å². The predicted octanol–water partition coefficient (Wildman–Crippen LogP) is 4.07. The molecule has 1 amide bonds. The van der Waals surface area contributed by atoms with Crippen LogP contribution in [0.3, 0.4) is 0 Å². The first-order valence-electron chi connectivity index (χ1n) is 9.25. The van der Waals surface area contributed by atoms with Crippen molar-refractivity contribution >= 4 is 11.6 Å². The maximum absolute atomic E-state index is 13.4. The molecule has 7 nitrogen and oxygen atoms in total. The van der Waals surface area contributed by atoms with E-state index in [2.05, 4.69) is 10.1 Å². The Bertz CT molecular complexity index is 1210. The van der Waals surface area contributed by atoms with Crippen LogP contribution in [0.25, 0.3) is 11.1 Å². The van der Waals surface area contributed by atoms with Gasteiger partial charge in [0.25, 0.3) is 5.91 Å². The molecule has 0 fully saturated rings. The highest BCUT2D eigenvalue weighted by Gasteiger charge is 2.36. The first kappa shape index (κ1) is 20.4. The second kappa shape index (κ2) is 7.43. The molecule has 158 valence electrons. The van der Waals surface area contributed by atoms with Crippen LogP contribution in [-0.2, 0) is 6.18 Å². The number of alkyl halides is 3. The number of benzene rings is 1. The van der Waals surface area contributed by atoms with Crippen LogP contribution in [0.15, 0.2) is 42.7 Å². The lowest BCUT2D eigenvalue weighted by atomic mass is 10.0. The smallest absolute Gasteiger partial charge is 0.417 e. The van der Waals surface area contributed by atoms with E-state index in [0.717, 1.165) is 12.1 Å². The molecule has 4 rings (SSSR count). The van der Waals surface area contributed by atoms with Crippen molar-refractivity contribution in [3.05, 3.63) is 59.5 Å². The fourth-order valence-electron chi connectivity index (χ4n) is 3.62. The number of fused-ring (bicyclic) bond motifs is 1. The number of halogens is 3. The van der Waals surface area contributed by atoms with E-state index in [9.17, 15) is 23.2 Å². The van der Waals surface area contributed by atoms with Crippen LogP contribution < -0.4 is 9.64 Å². The van der Waals surface area contributed by atoms with Gasteiger partial charge in [-0.15, -0.1) is 0 Å². The van der Waals surface area contributed by atoms with E-state index in [1.54, 1.807) is 35.3 Å². The zero-order valence-electron chi connectivity index (χ0n) is 16.5. The van der Waals surface area contributed by atoms with Gasteiger partial charge in [0.1, 0.15) is 5.69 Å². The highest BCUT2D eigenvalue weighted by molar-refractivity contribution is 6.09. The lowest BCUT2D eigenvalue weighted by molar-refractivity contribution is -0.137. The summed E-state index contributed by atoms with van der Waals surface area (Å²) in [6, 6.07) is 7.84. The Hall–Kier alpha value is -3.87. The van der Waals surface area contributed by atoms with Gasteiger partial charge in [-0.05, 0) is 36.8 Å². The maximum atomic E-state index is 13.4. The molecular formula is C21H16F3N5O2. The quantitative estimate of drug-likeness (QED) is 0.629. The molecule has 0 unspecified atom stereocenters. The van der Waals surface area contributed by atoms with Crippen LogP contribution in [0.5, 0.6) is 5.88 Å². The van der Waals surface area contributed by atoms with Crippen molar-refractivity contribution in [2.24, 2.45) is 0 Å². The molecule has 0 saturated carbocycles. The molecule has 0 bridgehead atoms. The number of aromatic nitrogens is 3. The Labute approximate surface area is 175 Å². The Kier molecular flexibility index (Phi) is 4.89. The van der Waals surface area contributed by atoms with Crippen molar-refractivity contribution in [1.29, 1.82) is 5.26 Å². The monoisotopic (exact) mass is 427 g/mol. The number of anilines is 1. The van der Waals surface area contributed by atoms with Gasteiger partial charge in [-0.1, -0.05) is 0 Å². The SMILES string of the molecule is COc1cc(-c2cnn3c2C(=O)N(c2ccc(C(F)(F)F)c(C#N)c2)C[C@@H]3C)ccn1. The van der Waals surface area contributed by atoms with E-state index in [-0.39, 0.29) is 18.3 Å². The molecule has 1 aliphatic rings. The highest BCUT2D eigenvalue weighted by Crippen LogP contribution is 2.36. The van der Waals surface area contributed by atoms with E-state index >= 15 is 0 Å². The minimum atomic E-state index is -4.66. The lowest BCUT2D eigenvalue weighted by Crippen LogP contribution is -2.42. The fourth-order valence-corrected chi connectivity index (χ4v) is 3.62. The number of amides is 1. The third-order valence-corrected chi connectivity index (χ3v) is 5.10. The van der Waals surface area contributed by atoms with Crippen molar-refractivity contribution in [2.75, 3.05) is 18.6 Å². The third-order valence-electron chi connectivity index (χ3n) is 5.10. The summed E-state index contributed by atoms with van der Waals surface area (Å²) in [5, 5.41) is 13.5. The number of methoxy groups -OCH3 is 1. The predicted molar refractivity (Wildman–Crippen MR) is 105 cm³/mol. The van der Waals surface area contributed by atoms with Crippen LogP contribution in [0.4, 0.5) is 18.9 Å². The van der Waals surface area contributed by atoms with E-state index in [1.807, 2.05) is 6.92 Å². The molecule has 1 atom stereocenters. The molecule has 0 radical (unpaired) electrons. The lowest BCUT2D eigenvalue weighted by Gasteiger charge is -2.32. The van der Waals surface area contributed by atoms with Crippen LogP contribution in [0.2, 0.25) is 0 Å². The zero-order chi connectivity index (χ0) is 22.3. The number of rotatable bonds is 3. The van der Waals surface area contributed by atoms with E-state index < -0.39 is 23.2 Å². The molecular weight excluding hydrogens is 411 g/mol. The van der Waals surface area contributed by atoms with Gasteiger partial charge < -0.3 is 9.64 Å². The van der Waals surface area contributed by atoms with Crippen LogP contribution in [0, 0.1) is 11.3 Å². The van der Waals surface area contributed by atoms with Gasteiger partial charge in [0.15, 0.2) is 0 Å². The number of ether oxygens (including phenoxy) is 1. The van der Waals surface area contributed by atoms with E-state index in [4.69, 9.17) is 4.74 Å². The molecule has 0 aliphatic carbocycles. The van der Waals surface area contributed by atoms with Gasteiger partial charge in [0.05, 0.1) is 36.5 Å². The molecule has 1 aromatic carbocycles. The van der Waals surface area contributed by atoms with Crippen LogP contribution >= 0.6 is 0 Å². The van der Waals surface area contributed by atoms with Gasteiger partial charge in [-0.3, -0.25) is 9.48 Å². The van der Waals surface area contributed by atoms with Crippen molar-refractivity contribution < 1.29 is 22.7 Å². The Morgan fingerprint density at radius 3 is 2.71 bits per heavy atom. The minimum absolute atomic E-state index is 0.197. The van der Waals surface area contributed by atoms with Gasteiger partial charge in [-0.2, -0.15) is 23.5 Å². The summed E-state index contributed by atoms with van der Waals surface area (Å²) in [6.07, 6.45) is -1.55. The van der Waals surface area contributed by atoms with Gasteiger partial charge in [0.2, 0.25) is 5.88 Å². The van der Waals surface area contributed by atoms with Crippen molar-refractivity contribution in [3.8, 4) is 23.1 Å². The van der Waals surface area contributed by atoms with Crippen molar-refractivity contribution in [2.45, 2.75) is 19.1 Å². The Morgan fingerprint density at radius 1 is 1.26 bits per heavy atom. The summed E-state index contributed by atoms with van der Waals surface area (Å²) in [5.41, 5.74) is 0.155. The molecule has 3 aromatic rings. The number of hydrogen-bond donors (Lipinski definition) is 0. The summed E-state index contributed by atoms with van der Waals surface area (Å²) in [5.74, 6) is -0.0583. The minimum Gasteiger partial charge on any atom is -0.481 e. The number of carbonyl (C=O) groups excluding carboxylic acids is 1. The van der Waals surface area contributed by atoms with Gasteiger partial charge in [-0.25, -0.2) is 4.98 Å². The third kappa shape index (κ3) is 3.48. The maximum Gasteiger partial charge on any atom is 0.417 e. The summed E-state index contributed by atoms with van der Waals surface area (Å²) in [6.45, 7) is 2.05. The van der Waals surface area contributed by atoms with Gasteiger partial charge in [0, 0.05) is 30.1 Å². The number of carbonyl (C=O) groups is 1. The second-order valence-corrected chi connectivity index (χ2v) is 7.04. The molecule has 0 N–H and O–H groups in total. The standard InChI is InChI=1S/C21H16F3N5O2/c1-12-11-28(15-3-4-17(21(22,23)24)14(7-15)9-25)20(30)19-16(10-27-29(12)19)13-5-6-26-18(8-13)31-2/h3-8,10,12H,11H2,1-2H3/t12-/m0/s1. The van der Waals surface area contributed by atoms with Crippen LogP contribution in [-0.4, -0.2) is 34.3 Å². The number of hydrogen-bond acceptors (Lipinski definition) is 5. The summed E-state index contributed by atoms with van der Waals surface area (Å²) in [7, 11) is 1.48. The molecule has 0 saturated heterocycles. The molecule has 0 spiro atoms. The second-order valence-electron chi connectivity index (χ2n) is 7.04. The fraction of sp³-hybridized carbons (Fsp3) is 0.238. The summed E-state index contributed by atoms with van der Waals surface area (Å²) < 4.78 is 46.2. The largest absolute Gasteiger partial charge is 0.481 e. The average Bonchev–Trinajstić information content (AvgIpc) is 3.21. The van der Waals surface area contributed by atoms with Crippen LogP contribution in [0.1, 0.15) is 34.6 Å². The molecule has 31 heavy (non-hydrogen) atoms. The summed E-state index contributed by atoms with van der Waals surface area (Å²) >= 11 is 0. The molecule has 2 aromatic heterocycles. The number of nitriles is 1. The number of nitrogens with zero attached hydrogens (tertiary/aromatic N) is 5. The first-order valence-corrected chi connectivity index (χ1v) is 9.25. The van der Waals surface area contributed by atoms with E-state index in [1.165, 1.54) is 18.1 Å². The van der Waals surface area contributed by atoms with Gasteiger partial charge >= 0.3 is 6.18 Å². The zero-order valence-corrected chi connectivity index (χ0v) is 16.5.